The fraction of sp³-hybridized carbons (Fsp3) is 0.278. The predicted octanol–water partition coefficient (Wildman–Crippen LogP) is 4.18. The number of benzene rings is 2. The summed E-state index contributed by atoms with van der Waals surface area (Å²) in [4.78, 5) is 11.7. The predicted molar refractivity (Wildman–Crippen MR) is 96.4 cm³/mol. The Kier molecular flexibility index (Phi) is 6.76. The molecule has 0 bridgehead atoms. The highest BCUT2D eigenvalue weighted by Crippen LogP contribution is 2.22. The molecular formula is C18H19Cl2NO3. The van der Waals surface area contributed by atoms with Crippen LogP contribution in [0.5, 0.6) is 11.5 Å². The third-order valence-corrected chi connectivity index (χ3v) is 4.17. The van der Waals surface area contributed by atoms with Gasteiger partial charge in [-0.1, -0.05) is 29.3 Å². The zero-order chi connectivity index (χ0) is 17.5. The molecule has 2 aromatic rings. The van der Waals surface area contributed by atoms with Gasteiger partial charge in [-0.2, -0.15) is 0 Å². The van der Waals surface area contributed by atoms with Gasteiger partial charge in [0.25, 0.3) is 5.91 Å². The van der Waals surface area contributed by atoms with Gasteiger partial charge >= 0.3 is 0 Å². The summed E-state index contributed by atoms with van der Waals surface area (Å²) in [7, 11) is 0. The van der Waals surface area contributed by atoms with Crippen LogP contribution in [-0.4, -0.2) is 25.7 Å². The van der Waals surface area contributed by atoms with Crippen molar-refractivity contribution in [3.63, 3.8) is 0 Å². The van der Waals surface area contributed by atoms with Crippen molar-refractivity contribution in [3.8, 4) is 11.5 Å². The van der Waals surface area contributed by atoms with E-state index in [4.69, 9.17) is 32.7 Å². The number of aryl methyl sites for hydroxylation is 2. The fourth-order valence-corrected chi connectivity index (χ4v) is 2.22. The van der Waals surface area contributed by atoms with Crippen LogP contribution in [0.3, 0.4) is 0 Å². The molecule has 0 fully saturated rings. The summed E-state index contributed by atoms with van der Waals surface area (Å²) < 4.78 is 10.9. The molecule has 0 saturated heterocycles. The molecule has 0 radical (unpaired) electrons. The van der Waals surface area contributed by atoms with E-state index in [2.05, 4.69) is 5.32 Å². The quantitative estimate of drug-likeness (QED) is 0.746. The standard InChI is InChI=1S/C18H19Cl2NO3/c1-12-3-4-15(10-17(12)20)23-8-7-21-18(22)11-24-14-5-6-16(19)13(2)9-14/h3-6,9-10H,7-8,11H2,1-2H3,(H,21,22). The molecule has 0 aliphatic heterocycles. The van der Waals surface area contributed by atoms with E-state index in [1.807, 2.05) is 26.0 Å². The number of hydrogen-bond donors (Lipinski definition) is 1. The van der Waals surface area contributed by atoms with E-state index >= 15 is 0 Å². The summed E-state index contributed by atoms with van der Waals surface area (Å²) in [6.45, 7) is 4.48. The van der Waals surface area contributed by atoms with Crippen molar-refractivity contribution in [2.24, 2.45) is 0 Å². The molecule has 24 heavy (non-hydrogen) atoms. The highest BCUT2D eigenvalue weighted by atomic mass is 35.5. The Labute approximate surface area is 151 Å². The molecule has 0 aliphatic carbocycles. The summed E-state index contributed by atoms with van der Waals surface area (Å²) in [5.74, 6) is 1.07. The summed E-state index contributed by atoms with van der Waals surface area (Å²) in [5, 5.41) is 4.05. The maximum absolute atomic E-state index is 11.7. The first-order valence-corrected chi connectivity index (χ1v) is 8.26. The van der Waals surface area contributed by atoms with Gasteiger partial charge in [0.1, 0.15) is 18.1 Å². The van der Waals surface area contributed by atoms with Gasteiger partial charge in [0.15, 0.2) is 6.61 Å². The first-order chi connectivity index (χ1) is 11.5. The van der Waals surface area contributed by atoms with Crippen molar-refractivity contribution in [1.82, 2.24) is 5.32 Å². The highest BCUT2D eigenvalue weighted by Gasteiger charge is 2.04. The lowest BCUT2D eigenvalue weighted by Gasteiger charge is -2.10. The van der Waals surface area contributed by atoms with Crippen LogP contribution in [0.4, 0.5) is 0 Å². The van der Waals surface area contributed by atoms with Gasteiger partial charge in [-0.05, 0) is 55.3 Å². The first kappa shape index (κ1) is 18.4. The molecule has 6 heteroatoms. The lowest BCUT2D eigenvalue weighted by Crippen LogP contribution is -2.32. The Morgan fingerprint density at radius 1 is 0.958 bits per heavy atom. The van der Waals surface area contributed by atoms with E-state index in [9.17, 15) is 4.79 Å². The zero-order valence-corrected chi connectivity index (χ0v) is 15.1. The van der Waals surface area contributed by atoms with Crippen LogP contribution in [0.2, 0.25) is 10.0 Å². The van der Waals surface area contributed by atoms with Crippen molar-refractivity contribution in [2.75, 3.05) is 19.8 Å². The first-order valence-electron chi connectivity index (χ1n) is 7.50. The molecule has 0 aliphatic rings. The van der Waals surface area contributed by atoms with Crippen LogP contribution in [0.15, 0.2) is 36.4 Å². The SMILES string of the molecule is Cc1cc(OCC(=O)NCCOc2ccc(C)c(Cl)c2)ccc1Cl. The lowest BCUT2D eigenvalue weighted by molar-refractivity contribution is -0.123. The summed E-state index contributed by atoms with van der Waals surface area (Å²) in [5.41, 5.74) is 1.90. The molecule has 1 amide bonds. The maximum atomic E-state index is 11.7. The molecule has 2 aromatic carbocycles. The van der Waals surface area contributed by atoms with Crippen molar-refractivity contribution in [2.45, 2.75) is 13.8 Å². The van der Waals surface area contributed by atoms with Crippen molar-refractivity contribution >= 4 is 29.1 Å². The van der Waals surface area contributed by atoms with Crippen LogP contribution in [0, 0.1) is 13.8 Å². The number of nitrogens with one attached hydrogen (secondary N) is 1. The van der Waals surface area contributed by atoms with E-state index in [1.165, 1.54) is 0 Å². The van der Waals surface area contributed by atoms with E-state index < -0.39 is 0 Å². The molecule has 0 saturated carbocycles. The second-order valence-electron chi connectivity index (χ2n) is 5.31. The number of carbonyl (C=O) groups is 1. The van der Waals surface area contributed by atoms with Crippen LogP contribution < -0.4 is 14.8 Å². The number of carbonyl (C=O) groups excluding carboxylic acids is 1. The Morgan fingerprint density at radius 2 is 1.67 bits per heavy atom. The molecule has 0 heterocycles. The van der Waals surface area contributed by atoms with Crippen LogP contribution >= 0.6 is 23.2 Å². The monoisotopic (exact) mass is 367 g/mol. The molecule has 0 aromatic heterocycles. The van der Waals surface area contributed by atoms with Crippen molar-refractivity contribution in [1.29, 1.82) is 0 Å². The molecular weight excluding hydrogens is 349 g/mol. The summed E-state index contributed by atoms with van der Waals surface area (Å²) in [6, 6.07) is 10.7. The van der Waals surface area contributed by atoms with Crippen molar-refractivity contribution in [3.05, 3.63) is 57.6 Å². The average Bonchev–Trinajstić information content (AvgIpc) is 2.56. The van der Waals surface area contributed by atoms with E-state index in [-0.39, 0.29) is 12.5 Å². The van der Waals surface area contributed by atoms with Gasteiger partial charge < -0.3 is 14.8 Å². The van der Waals surface area contributed by atoms with Gasteiger partial charge in [0.05, 0.1) is 6.54 Å². The molecule has 0 spiro atoms. The Balaban J connectivity index is 1.67. The smallest absolute Gasteiger partial charge is 0.258 e. The second-order valence-corrected chi connectivity index (χ2v) is 6.12. The minimum absolute atomic E-state index is 0.0581. The molecule has 2 rings (SSSR count). The normalized spacial score (nSPS) is 10.3. The molecule has 0 unspecified atom stereocenters. The zero-order valence-electron chi connectivity index (χ0n) is 13.6. The second kappa shape index (κ2) is 8.81. The van der Waals surface area contributed by atoms with Crippen LogP contribution in [0.1, 0.15) is 11.1 Å². The number of hydrogen-bond acceptors (Lipinski definition) is 3. The summed E-state index contributed by atoms with van der Waals surface area (Å²) >= 11 is 12.0. The van der Waals surface area contributed by atoms with Crippen LogP contribution in [0.25, 0.3) is 0 Å². The number of halogens is 2. The minimum atomic E-state index is -0.215. The number of amides is 1. The molecule has 128 valence electrons. The Hall–Kier alpha value is -1.91. The van der Waals surface area contributed by atoms with Crippen molar-refractivity contribution < 1.29 is 14.3 Å². The van der Waals surface area contributed by atoms with E-state index in [0.29, 0.717) is 34.7 Å². The number of rotatable bonds is 7. The van der Waals surface area contributed by atoms with Crippen LogP contribution in [-0.2, 0) is 4.79 Å². The van der Waals surface area contributed by atoms with Gasteiger partial charge in [-0.15, -0.1) is 0 Å². The Morgan fingerprint density at radius 3 is 2.38 bits per heavy atom. The minimum Gasteiger partial charge on any atom is -0.492 e. The third kappa shape index (κ3) is 5.62. The van der Waals surface area contributed by atoms with Gasteiger partial charge in [0.2, 0.25) is 0 Å². The number of ether oxygens (including phenoxy) is 2. The third-order valence-electron chi connectivity index (χ3n) is 3.34. The van der Waals surface area contributed by atoms with E-state index in [1.54, 1.807) is 24.3 Å². The molecule has 1 N–H and O–H groups in total. The van der Waals surface area contributed by atoms with Gasteiger partial charge in [-0.3, -0.25) is 4.79 Å². The fourth-order valence-electron chi connectivity index (χ4n) is 1.93. The topological polar surface area (TPSA) is 47.6 Å². The summed E-state index contributed by atoms with van der Waals surface area (Å²) in [6.07, 6.45) is 0. The Bertz CT molecular complexity index is 719. The molecule has 0 atom stereocenters. The average molecular weight is 368 g/mol. The highest BCUT2D eigenvalue weighted by molar-refractivity contribution is 6.31. The van der Waals surface area contributed by atoms with Gasteiger partial charge in [-0.25, -0.2) is 0 Å². The maximum Gasteiger partial charge on any atom is 0.258 e. The van der Waals surface area contributed by atoms with E-state index in [0.717, 1.165) is 11.1 Å². The van der Waals surface area contributed by atoms with Gasteiger partial charge in [0, 0.05) is 10.0 Å². The molecule has 4 nitrogen and oxygen atoms in total. The lowest BCUT2D eigenvalue weighted by atomic mass is 10.2. The largest absolute Gasteiger partial charge is 0.492 e.